The number of nitrogens with zero attached hydrogens (tertiary/aromatic N) is 1. The van der Waals surface area contributed by atoms with Gasteiger partial charge in [-0.05, 0) is 37.1 Å². The summed E-state index contributed by atoms with van der Waals surface area (Å²) in [7, 11) is -4.15. The van der Waals surface area contributed by atoms with Gasteiger partial charge in [0, 0.05) is 28.1 Å². The van der Waals surface area contributed by atoms with Gasteiger partial charge in [0.2, 0.25) is 0 Å². The predicted octanol–water partition coefficient (Wildman–Crippen LogP) is 5.03. The Balaban J connectivity index is 0.000000350. The molecular formula is C33H33AuN2O4S. The molecule has 4 rings (SSSR count). The van der Waals surface area contributed by atoms with Gasteiger partial charge in [0.1, 0.15) is 0 Å². The van der Waals surface area contributed by atoms with Crippen LogP contribution in [0.4, 0.5) is 0 Å². The third-order valence-electron chi connectivity index (χ3n) is 5.82. The van der Waals surface area contributed by atoms with Crippen molar-refractivity contribution >= 4 is 21.4 Å². The molecule has 0 fully saturated rings. The second-order valence-corrected chi connectivity index (χ2v) is 10.9. The van der Waals surface area contributed by atoms with E-state index in [1.807, 2.05) is 49.5 Å². The molecule has 6 nitrogen and oxygen atoms in total. The number of carbonyl (C=O) groups is 1. The summed E-state index contributed by atoms with van der Waals surface area (Å²) in [5.41, 5.74) is 2.80. The average molecular weight is 751 g/mol. The molecule has 0 saturated heterocycles. The molecule has 3 aromatic carbocycles. The van der Waals surface area contributed by atoms with Crippen molar-refractivity contribution in [3.63, 3.8) is 0 Å². The van der Waals surface area contributed by atoms with Crippen molar-refractivity contribution in [3.8, 4) is 0 Å². The molecule has 4 aromatic rings. The SMILES string of the molecule is CCCCN[CH-]C(C(=O)c1ccccc1)S(=O)(=O)/C=C(\[O-])c1ccccc1.[Au+3].[c-]1ccccc1Cc1ccccn1. The number of hydrogen-bond acceptors (Lipinski definition) is 6. The fourth-order valence-electron chi connectivity index (χ4n) is 3.69. The van der Waals surface area contributed by atoms with Gasteiger partial charge in [0.05, 0.1) is 0 Å². The first-order valence-electron chi connectivity index (χ1n) is 13.1. The van der Waals surface area contributed by atoms with Crippen molar-refractivity contribution in [2.45, 2.75) is 31.4 Å². The summed E-state index contributed by atoms with van der Waals surface area (Å²) in [6.07, 6.45) is 4.46. The summed E-state index contributed by atoms with van der Waals surface area (Å²) < 4.78 is 25.6. The zero-order chi connectivity index (χ0) is 28.6. The molecule has 216 valence electrons. The largest absolute Gasteiger partial charge is 3.00 e. The normalized spacial score (nSPS) is 11.9. The molecule has 41 heavy (non-hydrogen) atoms. The van der Waals surface area contributed by atoms with Crippen LogP contribution < -0.4 is 10.4 Å². The van der Waals surface area contributed by atoms with E-state index in [2.05, 4.69) is 22.4 Å². The van der Waals surface area contributed by atoms with Crippen molar-refractivity contribution in [2.24, 2.45) is 0 Å². The monoisotopic (exact) mass is 750 g/mol. The molecular weight excluding hydrogens is 717 g/mol. The molecule has 0 amide bonds. The van der Waals surface area contributed by atoms with E-state index in [4.69, 9.17) is 0 Å². The zero-order valence-corrected chi connectivity index (χ0v) is 25.7. The number of Topliss-reactive ketones (excluding diaryl/α,β-unsaturated/α-hetero) is 1. The van der Waals surface area contributed by atoms with E-state index in [0.717, 1.165) is 25.0 Å². The molecule has 0 radical (unpaired) electrons. The molecule has 1 aromatic heterocycles. The second kappa shape index (κ2) is 18.2. The van der Waals surface area contributed by atoms with Gasteiger partial charge in [-0.3, -0.25) is 9.78 Å². The van der Waals surface area contributed by atoms with Crippen molar-refractivity contribution in [3.05, 3.63) is 150 Å². The standard InChI is InChI=1S/C21H24NO4S.C12H10N.Au/c1-2-3-14-22-15-20(21(24)18-12-8-5-9-13-18)27(25,26)16-19(23)17-10-6-4-7-11-17;1-2-6-11(7-3-1)10-12-8-4-5-9-13-12;/h4-13,15-16,20,22-23H,2-3,14H2,1H3;1-6,8-9H,10H2;/q2*-1;+3/p-1/b19-16-;;. The van der Waals surface area contributed by atoms with Crippen molar-refractivity contribution in [2.75, 3.05) is 6.54 Å². The van der Waals surface area contributed by atoms with Crippen LogP contribution in [0.1, 0.15) is 46.9 Å². The Morgan fingerprint density at radius 1 is 0.951 bits per heavy atom. The van der Waals surface area contributed by atoms with E-state index < -0.39 is 26.6 Å². The van der Waals surface area contributed by atoms with Crippen LogP contribution >= 0.6 is 0 Å². The first-order valence-corrected chi connectivity index (χ1v) is 14.7. The third-order valence-corrected chi connectivity index (χ3v) is 7.42. The van der Waals surface area contributed by atoms with E-state index in [1.54, 1.807) is 48.5 Å². The predicted molar refractivity (Wildman–Crippen MR) is 157 cm³/mol. The van der Waals surface area contributed by atoms with E-state index in [9.17, 15) is 18.3 Å². The Hall–Kier alpha value is -3.33. The molecule has 0 spiro atoms. The minimum atomic E-state index is -4.15. The Kier molecular flexibility index (Phi) is 15.0. The molecule has 1 N–H and O–H groups in total. The summed E-state index contributed by atoms with van der Waals surface area (Å²) >= 11 is 0. The maximum absolute atomic E-state index is 12.8. The minimum absolute atomic E-state index is 0. The summed E-state index contributed by atoms with van der Waals surface area (Å²) in [5.74, 6) is -1.22. The Bertz CT molecular complexity index is 1400. The summed E-state index contributed by atoms with van der Waals surface area (Å²) in [4.78, 5) is 17.0. The molecule has 1 atom stereocenters. The Labute approximate surface area is 259 Å². The van der Waals surface area contributed by atoms with Crippen LogP contribution in [0.15, 0.2) is 115 Å². The van der Waals surface area contributed by atoms with Crippen molar-refractivity contribution < 1.29 is 40.7 Å². The molecule has 0 aliphatic carbocycles. The fourth-order valence-corrected chi connectivity index (χ4v) is 4.99. The number of nitrogens with one attached hydrogen (secondary N) is 1. The summed E-state index contributed by atoms with van der Waals surface area (Å²) in [5, 5.41) is 14.4. The molecule has 1 heterocycles. The van der Waals surface area contributed by atoms with E-state index >= 15 is 0 Å². The van der Waals surface area contributed by atoms with E-state index in [0.29, 0.717) is 12.0 Å². The van der Waals surface area contributed by atoms with E-state index in [1.165, 1.54) is 24.2 Å². The number of ketones is 1. The molecule has 0 aliphatic heterocycles. The van der Waals surface area contributed by atoms with Gasteiger partial charge in [-0.2, -0.15) is 35.9 Å². The number of carbonyl (C=O) groups excluding carboxylic acids is 1. The van der Waals surface area contributed by atoms with Gasteiger partial charge in [0.15, 0.2) is 15.6 Å². The maximum Gasteiger partial charge on any atom is 3.00 e. The van der Waals surface area contributed by atoms with Crippen molar-refractivity contribution in [1.29, 1.82) is 0 Å². The number of sulfone groups is 1. The summed E-state index contributed by atoms with van der Waals surface area (Å²) in [6, 6.07) is 33.4. The van der Waals surface area contributed by atoms with Crippen LogP contribution in [0.2, 0.25) is 0 Å². The quantitative estimate of drug-likeness (QED) is 0.0718. The van der Waals surface area contributed by atoms with Crippen LogP contribution in [0.25, 0.3) is 5.76 Å². The first-order chi connectivity index (χ1) is 19.4. The maximum atomic E-state index is 12.8. The van der Waals surface area contributed by atoms with E-state index in [-0.39, 0.29) is 33.5 Å². The number of unbranched alkanes of at least 4 members (excludes halogenated alkanes) is 1. The van der Waals surface area contributed by atoms with Gasteiger partial charge in [-0.25, -0.2) is 15.0 Å². The fraction of sp³-hybridized carbons (Fsp3) is 0.182. The molecule has 0 aliphatic rings. The van der Waals surface area contributed by atoms with Crippen LogP contribution in [-0.4, -0.2) is 31.0 Å². The number of pyridine rings is 1. The smallest absolute Gasteiger partial charge is 0.872 e. The van der Waals surface area contributed by atoms with Gasteiger partial charge < -0.3 is 10.4 Å². The Morgan fingerprint density at radius 3 is 2.17 bits per heavy atom. The minimum Gasteiger partial charge on any atom is -0.872 e. The number of benzene rings is 3. The van der Waals surface area contributed by atoms with Crippen LogP contribution in [0, 0.1) is 12.6 Å². The van der Waals surface area contributed by atoms with Crippen LogP contribution in [-0.2, 0) is 38.6 Å². The van der Waals surface area contributed by atoms with Gasteiger partial charge in [0.25, 0.3) is 0 Å². The first kappa shape index (κ1) is 33.9. The molecule has 1 unspecified atom stereocenters. The van der Waals surface area contributed by atoms with Crippen LogP contribution in [0.5, 0.6) is 0 Å². The average Bonchev–Trinajstić information content (AvgIpc) is 2.99. The van der Waals surface area contributed by atoms with Gasteiger partial charge >= 0.3 is 22.4 Å². The van der Waals surface area contributed by atoms with Gasteiger partial charge in [-0.15, -0.1) is 0 Å². The molecule has 0 saturated carbocycles. The number of aromatic nitrogens is 1. The van der Waals surface area contributed by atoms with Crippen LogP contribution in [0.3, 0.4) is 0 Å². The topological polar surface area (TPSA) is 99.2 Å². The van der Waals surface area contributed by atoms with Crippen molar-refractivity contribution in [1.82, 2.24) is 10.3 Å². The Morgan fingerprint density at radius 2 is 1.59 bits per heavy atom. The number of rotatable bonds is 12. The third kappa shape index (κ3) is 11.6. The second-order valence-electron chi connectivity index (χ2n) is 8.95. The van der Waals surface area contributed by atoms with Gasteiger partial charge in [-0.1, -0.05) is 85.8 Å². The molecule has 0 bridgehead atoms. The zero-order valence-electron chi connectivity index (χ0n) is 22.7. The molecule has 8 heteroatoms. The number of hydrogen-bond donors (Lipinski definition) is 1. The summed E-state index contributed by atoms with van der Waals surface area (Å²) in [6.45, 7) is 3.84.